The van der Waals surface area contributed by atoms with Gasteiger partial charge in [0, 0.05) is 7.05 Å². The van der Waals surface area contributed by atoms with Gasteiger partial charge in [0.15, 0.2) is 0 Å². The van der Waals surface area contributed by atoms with Crippen molar-refractivity contribution in [3.8, 4) is 0 Å². The lowest BCUT2D eigenvalue weighted by Gasteiger charge is -2.23. The Kier molecular flexibility index (Phi) is 3.31. The van der Waals surface area contributed by atoms with Crippen LogP contribution >= 0.6 is 11.6 Å². The first-order valence-corrected chi connectivity index (χ1v) is 6.78. The van der Waals surface area contributed by atoms with Crippen molar-refractivity contribution >= 4 is 11.6 Å². The van der Waals surface area contributed by atoms with Crippen LogP contribution in [0, 0.1) is 5.92 Å². The third kappa shape index (κ3) is 2.16. The number of nitrogens with zero attached hydrogens (tertiary/aromatic N) is 2. The molecule has 0 saturated carbocycles. The summed E-state index contributed by atoms with van der Waals surface area (Å²) in [6.07, 6.45) is 3.71. The van der Waals surface area contributed by atoms with Gasteiger partial charge in [-0.15, -0.1) is 0 Å². The van der Waals surface area contributed by atoms with Gasteiger partial charge in [-0.1, -0.05) is 35.9 Å². The number of nitrogens with one attached hydrogen (secondary N) is 1. The smallest absolute Gasteiger partial charge is 0.0834 e. The van der Waals surface area contributed by atoms with Crippen molar-refractivity contribution in [1.82, 2.24) is 15.2 Å². The van der Waals surface area contributed by atoms with Crippen LogP contribution in [0.5, 0.6) is 0 Å². The molecule has 1 aliphatic carbocycles. The second-order valence-electron chi connectivity index (χ2n) is 5.08. The molecule has 1 aromatic carbocycles. The summed E-state index contributed by atoms with van der Waals surface area (Å²) in [5.41, 5.74) is 6.69. The minimum Gasteiger partial charge on any atom is -0.271 e. The average Bonchev–Trinajstić information content (AvgIpc) is 2.97. The van der Waals surface area contributed by atoms with Crippen LogP contribution in [0.3, 0.4) is 0 Å². The molecule has 0 fully saturated rings. The van der Waals surface area contributed by atoms with E-state index in [1.807, 2.05) is 7.05 Å². The van der Waals surface area contributed by atoms with Crippen molar-refractivity contribution in [3.63, 3.8) is 0 Å². The van der Waals surface area contributed by atoms with Crippen LogP contribution in [0.2, 0.25) is 5.02 Å². The highest BCUT2D eigenvalue weighted by Crippen LogP contribution is 2.36. The van der Waals surface area contributed by atoms with Gasteiger partial charge in [-0.05, 0) is 29.9 Å². The number of halogens is 1. The maximum Gasteiger partial charge on any atom is 0.0834 e. The van der Waals surface area contributed by atoms with E-state index in [4.69, 9.17) is 17.4 Å². The Hall–Kier alpha value is -1.36. The Morgan fingerprint density at radius 2 is 2.00 bits per heavy atom. The van der Waals surface area contributed by atoms with Gasteiger partial charge < -0.3 is 0 Å². The Labute approximate surface area is 117 Å². The molecule has 0 aliphatic heterocycles. The molecule has 100 valence electrons. The summed E-state index contributed by atoms with van der Waals surface area (Å²) < 4.78 is 1.80. The second kappa shape index (κ2) is 4.96. The van der Waals surface area contributed by atoms with E-state index in [9.17, 15) is 0 Å². The topological polar surface area (TPSA) is 55.9 Å². The zero-order valence-corrected chi connectivity index (χ0v) is 11.6. The number of hydrazine groups is 1. The van der Waals surface area contributed by atoms with Crippen LogP contribution in [0.1, 0.15) is 22.9 Å². The SMILES string of the molecule is Cn1ncc(Cl)c1C(NN)C1Cc2ccccc2C1. The molecular formula is C14H17ClN4. The number of benzene rings is 1. The highest BCUT2D eigenvalue weighted by atomic mass is 35.5. The molecule has 0 amide bonds. The molecule has 1 aromatic heterocycles. The van der Waals surface area contributed by atoms with Crippen LogP contribution < -0.4 is 11.3 Å². The fourth-order valence-electron chi connectivity index (χ4n) is 3.04. The normalized spacial score (nSPS) is 16.6. The molecule has 2 aromatic rings. The van der Waals surface area contributed by atoms with Gasteiger partial charge in [0.2, 0.25) is 0 Å². The molecule has 3 rings (SSSR count). The molecule has 4 nitrogen and oxygen atoms in total. The summed E-state index contributed by atoms with van der Waals surface area (Å²) in [7, 11) is 1.90. The molecule has 1 heterocycles. The predicted octanol–water partition coefficient (Wildman–Crippen LogP) is 1.99. The Morgan fingerprint density at radius 1 is 1.37 bits per heavy atom. The van der Waals surface area contributed by atoms with E-state index >= 15 is 0 Å². The summed E-state index contributed by atoms with van der Waals surface area (Å²) in [4.78, 5) is 0. The average molecular weight is 277 g/mol. The quantitative estimate of drug-likeness (QED) is 0.666. The molecule has 19 heavy (non-hydrogen) atoms. The largest absolute Gasteiger partial charge is 0.271 e. The van der Waals surface area contributed by atoms with Crippen molar-refractivity contribution in [2.24, 2.45) is 18.8 Å². The standard InChI is InChI=1S/C14H17ClN4/c1-19-14(12(15)8-17-19)13(18-16)11-6-9-4-2-3-5-10(9)7-11/h2-5,8,11,13,18H,6-7,16H2,1H3. The number of rotatable bonds is 3. The van der Waals surface area contributed by atoms with E-state index in [-0.39, 0.29) is 6.04 Å². The van der Waals surface area contributed by atoms with E-state index < -0.39 is 0 Å². The Bertz CT molecular complexity index is 548. The molecule has 0 spiro atoms. The van der Waals surface area contributed by atoms with Gasteiger partial charge in [-0.2, -0.15) is 5.10 Å². The van der Waals surface area contributed by atoms with Crippen molar-refractivity contribution in [3.05, 3.63) is 52.3 Å². The van der Waals surface area contributed by atoms with Gasteiger partial charge in [-0.25, -0.2) is 0 Å². The highest BCUT2D eigenvalue weighted by molar-refractivity contribution is 6.31. The van der Waals surface area contributed by atoms with E-state index in [0.29, 0.717) is 10.9 Å². The minimum absolute atomic E-state index is 0.0207. The van der Waals surface area contributed by atoms with E-state index in [1.54, 1.807) is 10.9 Å². The number of hydrogen-bond acceptors (Lipinski definition) is 3. The third-order valence-electron chi connectivity index (χ3n) is 3.97. The summed E-state index contributed by atoms with van der Waals surface area (Å²) >= 11 is 6.23. The van der Waals surface area contributed by atoms with Gasteiger partial charge in [0.1, 0.15) is 0 Å². The Morgan fingerprint density at radius 3 is 2.47 bits per heavy atom. The van der Waals surface area contributed by atoms with Crippen LogP contribution in [-0.4, -0.2) is 9.78 Å². The van der Waals surface area contributed by atoms with Crippen molar-refractivity contribution in [2.45, 2.75) is 18.9 Å². The number of fused-ring (bicyclic) bond motifs is 1. The number of aryl methyl sites for hydroxylation is 1. The third-order valence-corrected chi connectivity index (χ3v) is 4.26. The summed E-state index contributed by atoms with van der Waals surface area (Å²) in [6, 6.07) is 8.57. The molecule has 0 saturated heterocycles. The molecule has 5 heteroatoms. The molecule has 3 N–H and O–H groups in total. The lowest BCUT2D eigenvalue weighted by atomic mass is 9.94. The molecule has 0 radical (unpaired) electrons. The zero-order chi connectivity index (χ0) is 13.4. The number of aromatic nitrogens is 2. The first-order valence-electron chi connectivity index (χ1n) is 6.41. The number of nitrogens with two attached hydrogens (primary N) is 1. The van der Waals surface area contributed by atoms with Crippen molar-refractivity contribution in [2.75, 3.05) is 0 Å². The number of hydrogen-bond donors (Lipinski definition) is 2. The second-order valence-corrected chi connectivity index (χ2v) is 5.49. The first kappa shape index (κ1) is 12.7. The lowest BCUT2D eigenvalue weighted by molar-refractivity contribution is 0.361. The highest BCUT2D eigenvalue weighted by Gasteiger charge is 2.31. The van der Waals surface area contributed by atoms with Gasteiger partial charge in [0.25, 0.3) is 0 Å². The predicted molar refractivity (Wildman–Crippen MR) is 75.6 cm³/mol. The molecule has 1 unspecified atom stereocenters. The van der Waals surface area contributed by atoms with Gasteiger partial charge in [-0.3, -0.25) is 16.0 Å². The van der Waals surface area contributed by atoms with Crippen LogP contribution in [0.4, 0.5) is 0 Å². The van der Waals surface area contributed by atoms with Crippen LogP contribution in [0.15, 0.2) is 30.5 Å². The first-order chi connectivity index (χ1) is 9.20. The van der Waals surface area contributed by atoms with Crippen LogP contribution in [0.25, 0.3) is 0 Å². The molecular weight excluding hydrogens is 260 g/mol. The monoisotopic (exact) mass is 276 g/mol. The van der Waals surface area contributed by atoms with E-state index in [1.165, 1.54) is 11.1 Å². The van der Waals surface area contributed by atoms with Crippen LogP contribution in [-0.2, 0) is 19.9 Å². The fraction of sp³-hybridized carbons (Fsp3) is 0.357. The van der Waals surface area contributed by atoms with E-state index in [0.717, 1.165) is 18.5 Å². The van der Waals surface area contributed by atoms with E-state index in [2.05, 4.69) is 34.8 Å². The zero-order valence-electron chi connectivity index (χ0n) is 10.8. The summed E-state index contributed by atoms with van der Waals surface area (Å²) in [5, 5.41) is 4.86. The Balaban J connectivity index is 1.90. The maximum absolute atomic E-state index is 6.23. The van der Waals surface area contributed by atoms with Crippen molar-refractivity contribution in [1.29, 1.82) is 0 Å². The molecule has 0 bridgehead atoms. The van der Waals surface area contributed by atoms with Gasteiger partial charge >= 0.3 is 0 Å². The maximum atomic E-state index is 6.23. The fourth-order valence-corrected chi connectivity index (χ4v) is 3.32. The lowest BCUT2D eigenvalue weighted by Crippen LogP contribution is -2.35. The van der Waals surface area contributed by atoms with Crippen molar-refractivity contribution < 1.29 is 0 Å². The summed E-state index contributed by atoms with van der Waals surface area (Å²) in [6.45, 7) is 0. The molecule has 1 atom stereocenters. The molecule has 1 aliphatic rings. The summed E-state index contributed by atoms with van der Waals surface area (Å²) in [5.74, 6) is 6.18. The minimum atomic E-state index is 0.0207. The van der Waals surface area contributed by atoms with Gasteiger partial charge in [0.05, 0.1) is 23.0 Å².